The molecule has 0 saturated heterocycles. The molecule has 0 atom stereocenters. The lowest BCUT2D eigenvalue weighted by atomic mass is 10.1. The molecule has 1 aromatic carbocycles. The average molecular weight is 235 g/mol. The number of nitro benzene ring substituents is 1. The van der Waals surface area contributed by atoms with Crippen molar-refractivity contribution in [2.45, 2.75) is 0 Å². The molecule has 2 aromatic rings. The highest BCUT2D eigenvalue weighted by Gasteiger charge is 2.14. The fourth-order valence-corrected chi connectivity index (χ4v) is 1.50. The van der Waals surface area contributed by atoms with Crippen LogP contribution in [-0.2, 0) is 0 Å². The maximum Gasteiger partial charge on any atom is 0.278 e. The van der Waals surface area contributed by atoms with E-state index < -0.39 is 4.92 Å². The van der Waals surface area contributed by atoms with Gasteiger partial charge >= 0.3 is 0 Å². The van der Waals surface area contributed by atoms with E-state index in [-0.39, 0.29) is 5.69 Å². The molecule has 5 heteroatoms. The number of nitro groups is 1. The van der Waals surface area contributed by atoms with Crippen LogP contribution in [0.3, 0.4) is 0 Å². The first-order valence-electron chi connectivity index (χ1n) is 4.54. The summed E-state index contributed by atoms with van der Waals surface area (Å²) in [4.78, 5) is 14.4. The zero-order chi connectivity index (χ0) is 11.5. The first kappa shape index (κ1) is 10.6. The van der Waals surface area contributed by atoms with Gasteiger partial charge < -0.3 is 0 Å². The third-order valence-electron chi connectivity index (χ3n) is 2.10. The van der Waals surface area contributed by atoms with Gasteiger partial charge in [-0.15, -0.1) is 0 Å². The van der Waals surface area contributed by atoms with Crippen LogP contribution in [0.2, 0.25) is 5.02 Å². The highest BCUT2D eigenvalue weighted by atomic mass is 35.5. The van der Waals surface area contributed by atoms with Gasteiger partial charge in [0.05, 0.1) is 21.2 Å². The number of hydrogen-bond acceptors (Lipinski definition) is 3. The Morgan fingerprint density at radius 3 is 2.56 bits per heavy atom. The molecule has 0 amide bonds. The molecule has 0 spiro atoms. The Bertz CT molecular complexity index is 526. The second-order valence-electron chi connectivity index (χ2n) is 3.14. The van der Waals surface area contributed by atoms with Crippen LogP contribution in [0.15, 0.2) is 42.6 Å². The lowest BCUT2D eigenvalue weighted by Gasteiger charge is -2.01. The first-order chi connectivity index (χ1) is 7.68. The first-order valence-corrected chi connectivity index (χ1v) is 4.91. The van der Waals surface area contributed by atoms with E-state index in [1.54, 1.807) is 30.3 Å². The maximum atomic E-state index is 10.8. The predicted octanol–water partition coefficient (Wildman–Crippen LogP) is 3.31. The van der Waals surface area contributed by atoms with Crippen molar-refractivity contribution in [3.8, 4) is 11.3 Å². The van der Waals surface area contributed by atoms with Crippen LogP contribution in [0.1, 0.15) is 0 Å². The van der Waals surface area contributed by atoms with Crippen LogP contribution in [0.5, 0.6) is 0 Å². The molecule has 4 nitrogen and oxygen atoms in total. The fourth-order valence-electron chi connectivity index (χ4n) is 1.38. The molecule has 0 bridgehead atoms. The van der Waals surface area contributed by atoms with Gasteiger partial charge in [0.2, 0.25) is 0 Å². The largest absolute Gasteiger partial charge is 0.278 e. The maximum absolute atomic E-state index is 10.8. The van der Waals surface area contributed by atoms with Crippen molar-refractivity contribution in [3.05, 3.63) is 57.7 Å². The molecule has 2 rings (SSSR count). The highest BCUT2D eigenvalue weighted by Crippen LogP contribution is 2.28. The standard InChI is InChI=1S/C11H7ClN2O2/c12-8-5-6-10(13-7-8)9-3-1-2-4-11(9)14(15)16/h1-7H. The second-order valence-corrected chi connectivity index (χ2v) is 3.57. The Hall–Kier alpha value is -1.94. The lowest BCUT2D eigenvalue weighted by molar-refractivity contribution is -0.384. The second kappa shape index (κ2) is 4.28. The van der Waals surface area contributed by atoms with Crippen LogP contribution >= 0.6 is 11.6 Å². The minimum atomic E-state index is -0.425. The van der Waals surface area contributed by atoms with Crippen LogP contribution in [0, 0.1) is 10.1 Å². The molecule has 0 aliphatic carbocycles. The number of halogens is 1. The summed E-state index contributed by atoms with van der Waals surface area (Å²) in [5.74, 6) is 0. The van der Waals surface area contributed by atoms with E-state index in [4.69, 9.17) is 11.6 Å². The highest BCUT2D eigenvalue weighted by molar-refractivity contribution is 6.30. The van der Waals surface area contributed by atoms with Crippen molar-refractivity contribution in [3.63, 3.8) is 0 Å². The molecule has 80 valence electrons. The summed E-state index contributed by atoms with van der Waals surface area (Å²) in [5, 5.41) is 11.3. The Labute approximate surface area is 96.7 Å². The van der Waals surface area contributed by atoms with E-state index in [0.29, 0.717) is 16.3 Å². The van der Waals surface area contributed by atoms with Crippen LogP contribution in [0.25, 0.3) is 11.3 Å². The molecule has 0 N–H and O–H groups in total. The molecule has 0 unspecified atom stereocenters. The van der Waals surface area contributed by atoms with Crippen molar-refractivity contribution >= 4 is 17.3 Å². The Morgan fingerprint density at radius 2 is 1.94 bits per heavy atom. The molecule has 0 fully saturated rings. The van der Waals surface area contributed by atoms with Gasteiger partial charge in [-0.3, -0.25) is 15.1 Å². The number of para-hydroxylation sites is 1. The number of hydrogen-bond donors (Lipinski definition) is 0. The quantitative estimate of drug-likeness (QED) is 0.592. The monoisotopic (exact) mass is 234 g/mol. The van der Waals surface area contributed by atoms with Gasteiger partial charge in [-0.2, -0.15) is 0 Å². The summed E-state index contributed by atoms with van der Waals surface area (Å²) in [6, 6.07) is 9.78. The Balaban J connectivity index is 2.55. The van der Waals surface area contributed by atoms with Crippen LogP contribution in [0.4, 0.5) is 5.69 Å². The Kier molecular flexibility index (Phi) is 2.83. The van der Waals surface area contributed by atoms with E-state index in [0.717, 1.165) is 0 Å². The average Bonchev–Trinajstić information content (AvgIpc) is 2.30. The van der Waals surface area contributed by atoms with Crippen molar-refractivity contribution < 1.29 is 4.92 Å². The summed E-state index contributed by atoms with van der Waals surface area (Å²) < 4.78 is 0. The molecule has 0 saturated carbocycles. The van der Waals surface area contributed by atoms with Crippen LogP contribution in [-0.4, -0.2) is 9.91 Å². The third kappa shape index (κ3) is 2.01. The molecule has 1 aromatic heterocycles. The SMILES string of the molecule is O=[N+]([O-])c1ccccc1-c1ccc(Cl)cn1. The van der Waals surface area contributed by atoms with Gasteiger partial charge in [-0.05, 0) is 18.2 Å². The van der Waals surface area contributed by atoms with Crippen molar-refractivity contribution in [1.29, 1.82) is 0 Å². The molecule has 0 aliphatic heterocycles. The normalized spacial score (nSPS) is 10.1. The van der Waals surface area contributed by atoms with Crippen LogP contribution < -0.4 is 0 Å². The zero-order valence-corrected chi connectivity index (χ0v) is 8.89. The third-order valence-corrected chi connectivity index (χ3v) is 2.33. The van der Waals surface area contributed by atoms with E-state index in [1.807, 2.05) is 0 Å². The van der Waals surface area contributed by atoms with E-state index in [1.165, 1.54) is 12.3 Å². The van der Waals surface area contributed by atoms with Gasteiger partial charge in [-0.1, -0.05) is 23.7 Å². The molecular weight excluding hydrogens is 228 g/mol. The summed E-state index contributed by atoms with van der Waals surface area (Å²) in [5.41, 5.74) is 1.07. The van der Waals surface area contributed by atoms with Gasteiger partial charge in [-0.25, -0.2) is 0 Å². The summed E-state index contributed by atoms with van der Waals surface area (Å²) in [7, 11) is 0. The Morgan fingerprint density at radius 1 is 1.19 bits per heavy atom. The molecule has 1 heterocycles. The molecule has 0 aliphatic rings. The van der Waals surface area contributed by atoms with Gasteiger partial charge in [0.15, 0.2) is 0 Å². The minimum absolute atomic E-state index is 0.0392. The molecule has 0 radical (unpaired) electrons. The van der Waals surface area contributed by atoms with Crippen molar-refractivity contribution in [2.75, 3.05) is 0 Å². The minimum Gasteiger partial charge on any atom is -0.258 e. The van der Waals surface area contributed by atoms with E-state index in [2.05, 4.69) is 4.98 Å². The lowest BCUT2D eigenvalue weighted by Crippen LogP contribution is -1.92. The van der Waals surface area contributed by atoms with Gasteiger partial charge in [0.1, 0.15) is 0 Å². The predicted molar refractivity (Wildman–Crippen MR) is 61.3 cm³/mol. The van der Waals surface area contributed by atoms with Crippen molar-refractivity contribution in [1.82, 2.24) is 4.98 Å². The van der Waals surface area contributed by atoms with E-state index in [9.17, 15) is 10.1 Å². The summed E-state index contributed by atoms with van der Waals surface area (Å²) in [6.45, 7) is 0. The van der Waals surface area contributed by atoms with E-state index >= 15 is 0 Å². The zero-order valence-electron chi connectivity index (χ0n) is 8.13. The fraction of sp³-hybridized carbons (Fsp3) is 0. The number of aromatic nitrogens is 1. The number of pyridine rings is 1. The van der Waals surface area contributed by atoms with Gasteiger partial charge in [0, 0.05) is 12.3 Å². The van der Waals surface area contributed by atoms with Gasteiger partial charge in [0.25, 0.3) is 5.69 Å². The summed E-state index contributed by atoms with van der Waals surface area (Å²) in [6.07, 6.45) is 1.47. The molecular formula is C11H7ClN2O2. The number of benzene rings is 1. The summed E-state index contributed by atoms with van der Waals surface area (Å²) >= 11 is 5.71. The van der Waals surface area contributed by atoms with Crippen molar-refractivity contribution in [2.24, 2.45) is 0 Å². The number of nitrogens with zero attached hydrogens (tertiary/aromatic N) is 2. The number of rotatable bonds is 2. The topological polar surface area (TPSA) is 56.0 Å². The smallest absolute Gasteiger partial charge is 0.258 e. The molecule has 16 heavy (non-hydrogen) atoms.